The molecule has 0 aliphatic rings. The molecule has 0 aliphatic heterocycles. The quantitative estimate of drug-likeness (QED) is 0.0274. The summed E-state index contributed by atoms with van der Waals surface area (Å²) in [7, 11) is -40.2. The average Bonchev–Trinajstić information content (AvgIpc) is 1.70. The second-order valence-corrected chi connectivity index (χ2v) is 34.3. The summed E-state index contributed by atoms with van der Waals surface area (Å²) >= 11 is 0. The molecule has 8 N–H and O–H groups in total. The second-order valence-electron chi connectivity index (χ2n) is 23.1. The molecule has 0 bridgehead atoms. The summed E-state index contributed by atoms with van der Waals surface area (Å²) in [5.74, 6) is 0. The number of hydrogen-bond donors (Lipinski definition) is 8. The molecule has 15 rings (SSSR count). The molecule has 0 unspecified atom stereocenters. The van der Waals surface area contributed by atoms with Gasteiger partial charge < -0.3 is 0 Å². The van der Waals surface area contributed by atoms with Gasteiger partial charge in [0.15, 0.2) is 0 Å². The van der Waals surface area contributed by atoms with Crippen LogP contribution in [0.1, 0.15) is 22.3 Å². The van der Waals surface area contributed by atoms with Crippen molar-refractivity contribution in [2.24, 2.45) is 0 Å². The highest BCUT2D eigenvalue weighted by Gasteiger charge is 2.30. The third-order valence-electron chi connectivity index (χ3n) is 16.3. The van der Waals surface area contributed by atoms with Crippen molar-refractivity contribution < 1.29 is 118 Å². The lowest BCUT2D eigenvalue weighted by atomic mass is 10.1. The highest BCUT2D eigenvalue weighted by molar-refractivity contribution is 7.88. The summed E-state index contributed by atoms with van der Waals surface area (Å²) in [5.41, 5.74) is 0.714. The van der Waals surface area contributed by atoms with Crippen molar-refractivity contribution >= 4 is 149 Å². The van der Waals surface area contributed by atoms with Gasteiger partial charge in [-0.25, -0.2) is 13.9 Å². The molecule has 15 aromatic rings. The summed E-state index contributed by atoms with van der Waals surface area (Å²) < 4.78 is 297. The van der Waals surface area contributed by atoms with E-state index in [9.17, 15) is 104 Å². The first-order valence-corrected chi connectivity index (χ1v) is 41.0. The van der Waals surface area contributed by atoms with Gasteiger partial charge in [0.1, 0.15) is 85.6 Å². The molecule has 107 heavy (non-hydrogen) atoms. The van der Waals surface area contributed by atoms with Crippen LogP contribution in [-0.4, -0.2) is 163 Å². The number of benzene rings is 10. The fourth-order valence-corrected chi connectivity index (χ4v) is 16.8. The van der Waals surface area contributed by atoms with E-state index in [1.807, 2.05) is 0 Å². The minimum atomic E-state index is -5.12. The maximum atomic E-state index is 12.9. The van der Waals surface area contributed by atoms with Crippen LogP contribution in [0.5, 0.6) is 0 Å². The van der Waals surface area contributed by atoms with Crippen LogP contribution in [0.4, 0.5) is 0 Å². The standard InChI is InChI=1S/C60H40N12O27S8/c73-100(74,75)45-29-49-47(57(31-45)106(91,92)93)21-23-51-59(49)63-65(61-51)37-13-17-39(18-14-37)67-69(97-67)41-9-5-33(53(25-41)102(79,80)81)1-3-35-7-11-43(27-55(35)104(85,86)87)71-72(99-71)44-12-8-36(56(28-44)105(88,89)90)4-2-34-6-10-42(26-54(34)103(82,83)84)70-68(98-70)40-19-15-38(16-20-40)66-62-52-24-22-48-50(60(52)64-66)30-46(101(76,77)78)32-58(48)107(94,95)96/h1-32H,(H,73,74,75)(H,76,77,78)(H,79,80,81)(H,82,83,84)(H,85,86,87)(H,88,89,90)(H,91,92,93)(H,94,95,96)/b3-1-,4-2-. The van der Waals surface area contributed by atoms with Gasteiger partial charge in [-0.2, -0.15) is 76.9 Å². The predicted octanol–water partition coefficient (Wildman–Crippen LogP) is 7.30. The Balaban J connectivity index is 0.637. The van der Waals surface area contributed by atoms with E-state index in [0.29, 0.717) is 34.9 Å². The van der Waals surface area contributed by atoms with Gasteiger partial charge in [0.05, 0.1) is 21.2 Å². The molecule has 0 amide bonds. The van der Waals surface area contributed by atoms with Crippen molar-refractivity contribution in [2.45, 2.75) is 39.2 Å². The molecule has 10 aromatic carbocycles. The van der Waals surface area contributed by atoms with Crippen molar-refractivity contribution in [3.63, 3.8) is 0 Å². The Bertz CT molecular complexity index is 6930. The lowest BCUT2D eigenvalue weighted by Gasteiger charge is -2.07. The van der Waals surface area contributed by atoms with E-state index in [1.165, 1.54) is 131 Å². The Morgan fingerprint density at radius 2 is 0.486 bits per heavy atom. The molecular weight excluding hydrogens is 1580 g/mol. The van der Waals surface area contributed by atoms with E-state index in [-0.39, 0.29) is 88.6 Å². The average molecular weight is 1620 g/mol. The molecule has 0 atom stereocenters. The molecule has 39 nitrogen and oxygen atoms in total. The normalized spacial score (nSPS) is 13.4. The minimum Gasteiger partial charge on any atom is -0.282 e. The highest BCUT2D eigenvalue weighted by atomic mass is 32.2. The van der Waals surface area contributed by atoms with Gasteiger partial charge in [-0.1, -0.05) is 89.8 Å². The first-order chi connectivity index (χ1) is 50.0. The van der Waals surface area contributed by atoms with Gasteiger partial charge in [-0.15, -0.1) is 20.4 Å². The molecule has 550 valence electrons. The molecule has 0 aliphatic carbocycles. The second kappa shape index (κ2) is 24.5. The number of hydrogen-bond acceptors (Lipinski definition) is 23. The molecule has 0 radical (unpaired) electrons. The molecule has 0 saturated carbocycles. The topological polar surface area (TPSA) is 565 Å². The van der Waals surface area contributed by atoms with Crippen molar-refractivity contribution in [3.8, 4) is 45.5 Å². The van der Waals surface area contributed by atoms with E-state index in [4.69, 9.17) is 13.9 Å². The van der Waals surface area contributed by atoms with Gasteiger partial charge in [0.25, 0.3) is 80.9 Å². The van der Waals surface area contributed by atoms with E-state index >= 15 is 0 Å². The summed E-state index contributed by atoms with van der Waals surface area (Å²) in [6.07, 6.45) is 4.43. The van der Waals surface area contributed by atoms with Crippen LogP contribution in [-0.2, 0) is 80.9 Å². The van der Waals surface area contributed by atoms with Crippen LogP contribution in [0.25, 0.3) is 113 Å². The fourth-order valence-electron chi connectivity index (χ4n) is 11.3. The predicted molar refractivity (Wildman–Crippen MR) is 368 cm³/mol. The summed E-state index contributed by atoms with van der Waals surface area (Å²) in [5, 5.41) is 17.1. The molecule has 5 heterocycles. The summed E-state index contributed by atoms with van der Waals surface area (Å²) in [6, 6.07) is 34.6. The van der Waals surface area contributed by atoms with Crippen LogP contribution >= 0.6 is 0 Å². The van der Waals surface area contributed by atoms with Gasteiger partial charge >= 0.3 is 0 Å². The van der Waals surface area contributed by atoms with Gasteiger partial charge in [-0.05, 0) is 156 Å². The first-order valence-electron chi connectivity index (χ1n) is 29.5. The van der Waals surface area contributed by atoms with Crippen LogP contribution in [0.2, 0.25) is 0 Å². The zero-order valence-corrected chi connectivity index (χ0v) is 59.0. The van der Waals surface area contributed by atoms with E-state index < -0.39 is 120 Å². The van der Waals surface area contributed by atoms with Crippen LogP contribution in [0.3, 0.4) is 0 Å². The third kappa shape index (κ3) is 13.7. The van der Waals surface area contributed by atoms with E-state index in [1.54, 1.807) is 0 Å². The molecule has 0 fully saturated rings. The fraction of sp³-hybridized carbons (Fsp3) is 0. The molecular formula is C60H40N12O27S8. The minimum absolute atomic E-state index is 0.00170. The zero-order valence-electron chi connectivity index (χ0n) is 52.4. The summed E-state index contributed by atoms with van der Waals surface area (Å²) in [6.45, 7) is 0. The number of fused-ring (bicyclic) bond motifs is 6. The lowest BCUT2D eigenvalue weighted by Crippen LogP contribution is -2.04. The van der Waals surface area contributed by atoms with Gasteiger partial charge in [-0.3, -0.25) is 36.4 Å². The van der Waals surface area contributed by atoms with Crippen LogP contribution < -0.4 is 0 Å². The lowest BCUT2D eigenvalue weighted by molar-refractivity contribution is 0.472. The summed E-state index contributed by atoms with van der Waals surface area (Å²) in [4.78, 5) is 2.61. The first kappa shape index (κ1) is 71.1. The van der Waals surface area contributed by atoms with E-state index in [2.05, 4.69) is 20.4 Å². The molecule has 0 saturated heterocycles. The van der Waals surface area contributed by atoms with Crippen molar-refractivity contribution in [1.82, 2.24) is 59.1 Å². The Morgan fingerprint density at radius 3 is 0.738 bits per heavy atom. The zero-order chi connectivity index (χ0) is 76.4. The Kier molecular flexibility index (Phi) is 16.3. The Morgan fingerprint density at radius 1 is 0.243 bits per heavy atom. The number of aromatic nitrogens is 12. The molecule has 47 heteroatoms. The largest absolute Gasteiger partial charge is 0.295 e. The van der Waals surface area contributed by atoms with Crippen molar-refractivity contribution in [2.75, 3.05) is 0 Å². The monoisotopic (exact) mass is 1620 g/mol. The van der Waals surface area contributed by atoms with Crippen molar-refractivity contribution in [3.05, 3.63) is 192 Å². The highest BCUT2D eigenvalue weighted by Crippen LogP contribution is 2.37. The number of nitrogens with zero attached hydrogens (tertiary/aromatic N) is 12. The van der Waals surface area contributed by atoms with Gasteiger partial charge in [0.2, 0.25) is 0 Å². The Labute approximate surface area is 598 Å². The molecule has 0 spiro atoms. The SMILES string of the molecule is O=S(=O)(O)c1cc(S(=O)(=O)O)c2ccc3nn(-c4ccc(-n5on5-c5ccc(/C=C\c6ccc(-n7on7-c7ccc(/C=C\c8ccc(-n9on9-c9ccc(-n%10nc%11ccc%12c(S(=O)(=O)O)cc(S(=O)(=O)O)cc%12c%11n%10)cc9)cc8S(=O)(=O)O)c(S(=O)(=O)O)c7)cc6S(=O)(=O)O)c(S(=O)(=O)O)c5)cc4)nc3c2c1. The maximum absolute atomic E-state index is 12.9. The molecule has 5 aromatic heterocycles. The maximum Gasteiger partial charge on any atom is 0.295 e. The number of rotatable bonds is 20. The van der Waals surface area contributed by atoms with Gasteiger partial charge in [0, 0.05) is 21.5 Å². The third-order valence-corrected chi connectivity index (χ3v) is 23.4. The Hall–Kier alpha value is -11.5. The van der Waals surface area contributed by atoms with Crippen molar-refractivity contribution in [1.29, 1.82) is 0 Å². The smallest absolute Gasteiger partial charge is 0.282 e. The van der Waals surface area contributed by atoms with Crippen LogP contribution in [0, 0.1) is 0 Å². The van der Waals surface area contributed by atoms with Crippen LogP contribution in [0.15, 0.2) is 223 Å². The van der Waals surface area contributed by atoms with E-state index in [0.717, 1.165) is 89.7 Å².